The van der Waals surface area contributed by atoms with Gasteiger partial charge in [-0.25, -0.2) is 0 Å². The van der Waals surface area contributed by atoms with Gasteiger partial charge < -0.3 is 9.47 Å². The number of carbonyl (C=O) groups excluding carboxylic acids is 1. The van der Waals surface area contributed by atoms with Gasteiger partial charge in [-0.2, -0.15) is 0 Å². The molecule has 0 radical (unpaired) electrons. The topological polar surface area (TPSA) is 35.5 Å². The second-order valence-electron chi connectivity index (χ2n) is 4.70. The first-order chi connectivity index (χ1) is 10.3. The molecule has 0 heterocycles. The Morgan fingerprint density at radius 1 is 1.05 bits per heavy atom. The number of para-hydroxylation sites is 1. The lowest BCUT2D eigenvalue weighted by molar-refractivity contribution is -0.130. The van der Waals surface area contributed by atoms with E-state index in [1.165, 1.54) is 0 Å². The predicted octanol–water partition coefficient (Wildman–Crippen LogP) is 3.58. The van der Waals surface area contributed by atoms with E-state index in [9.17, 15) is 4.79 Å². The highest BCUT2D eigenvalue weighted by atomic mass is 16.5. The van der Waals surface area contributed by atoms with E-state index in [-0.39, 0.29) is 5.78 Å². The van der Waals surface area contributed by atoms with Crippen LogP contribution in [0.15, 0.2) is 54.6 Å². The molecule has 0 aliphatic carbocycles. The second-order valence-corrected chi connectivity index (χ2v) is 4.70. The molecule has 1 unspecified atom stereocenters. The molecule has 0 aromatic heterocycles. The Kier molecular flexibility index (Phi) is 5.52. The van der Waals surface area contributed by atoms with E-state index in [2.05, 4.69) is 0 Å². The summed E-state index contributed by atoms with van der Waals surface area (Å²) >= 11 is 0. The van der Waals surface area contributed by atoms with Crippen molar-refractivity contribution in [2.45, 2.75) is 19.4 Å². The maximum Gasteiger partial charge on any atom is 0.170 e. The fourth-order valence-corrected chi connectivity index (χ4v) is 2.30. The molecular formula is C18H20O3. The van der Waals surface area contributed by atoms with Gasteiger partial charge in [-0.05, 0) is 18.6 Å². The van der Waals surface area contributed by atoms with Gasteiger partial charge in [0.2, 0.25) is 0 Å². The van der Waals surface area contributed by atoms with E-state index in [0.717, 1.165) is 16.9 Å². The van der Waals surface area contributed by atoms with Crippen LogP contribution >= 0.6 is 0 Å². The van der Waals surface area contributed by atoms with Crippen molar-refractivity contribution in [2.75, 3.05) is 13.7 Å². The van der Waals surface area contributed by atoms with Crippen LogP contribution in [0.1, 0.15) is 24.2 Å². The summed E-state index contributed by atoms with van der Waals surface area (Å²) in [6, 6.07) is 17.2. The third-order valence-electron chi connectivity index (χ3n) is 3.29. The average molecular weight is 284 g/mol. The van der Waals surface area contributed by atoms with E-state index < -0.39 is 6.10 Å². The highest BCUT2D eigenvalue weighted by Gasteiger charge is 2.21. The van der Waals surface area contributed by atoms with Crippen molar-refractivity contribution in [3.63, 3.8) is 0 Å². The molecule has 0 saturated heterocycles. The van der Waals surface area contributed by atoms with Gasteiger partial charge in [0.25, 0.3) is 0 Å². The van der Waals surface area contributed by atoms with Crippen LogP contribution < -0.4 is 4.74 Å². The van der Waals surface area contributed by atoms with Gasteiger partial charge in [-0.3, -0.25) is 4.79 Å². The molecule has 0 aliphatic heterocycles. The molecule has 1 atom stereocenters. The number of ketones is 1. The highest BCUT2D eigenvalue weighted by molar-refractivity contribution is 5.86. The number of rotatable bonds is 7. The van der Waals surface area contributed by atoms with Crippen LogP contribution in [0, 0.1) is 0 Å². The molecule has 0 amide bonds. The summed E-state index contributed by atoms with van der Waals surface area (Å²) in [5.41, 5.74) is 1.77. The molecule has 0 fully saturated rings. The van der Waals surface area contributed by atoms with Crippen LogP contribution in [-0.4, -0.2) is 19.5 Å². The third kappa shape index (κ3) is 3.92. The fourth-order valence-electron chi connectivity index (χ4n) is 2.30. The Labute approximate surface area is 125 Å². The van der Waals surface area contributed by atoms with E-state index in [0.29, 0.717) is 13.0 Å². The molecular weight excluding hydrogens is 264 g/mol. The Bertz CT molecular complexity index is 578. The molecule has 110 valence electrons. The van der Waals surface area contributed by atoms with Crippen molar-refractivity contribution < 1.29 is 14.3 Å². The number of hydrogen-bond donors (Lipinski definition) is 0. The molecule has 0 bridgehead atoms. The molecule has 21 heavy (non-hydrogen) atoms. The van der Waals surface area contributed by atoms with Crippen LogP contribution in [0.4, 0.5) is 0 Å². The Hall–Kier alpha value is -2.13. The maximum atomic E-state index is 12.6. The van der Waals surface area contributed by atoms with Gasteiger partial charge in [0.1, 0.15) is 11.9 Å². The van der Waals surface area contributed by atoms with Gasteiger partial charge in [0, 0.05) is 18.6 Å². The van der Waals surface area contributed by atoms with Crippen LogP contribution in [0.25, 0.3) is 0 Å². The Balaban J connectivity index is 2.19. The smallest absolute Gasteiger partial charge is 0.170 e. The first-order valence-electron chi connectivity index (χ1n) is 7.07. The number of hydrogen-bond acceptors (Lipinski definition) is 3. The normalized spacial score (nSPS) is 11.9. The number of Topliss-reactive ketones (excluding diaryl/α,β-unsaturated/α-hetero) is 1. The lowest BCUT2D eigenvalue weighted by atomic mass is 9.99. The predicted molar refractivity (Wildman–Crippen MR) is 82.5 cm³/mol. The standard InChI is InChI=1S/C18H20O3/c1-3-21-18(14-9-5-4-6-10-14)16(19)13-15-11-7-8-12-17(15)20-2/h4-12,18H,3,13H2,1-2H3. The minimum absolute atomic E-state index is 0.0348. The van der Waals surface area contributed by atoms with Gasteiger partial charge >= 0.3 is 0 Å². The van der Waals surface area contributed by atoms with Crippen molar-refractivity contribution in [2.24, 2.45) is 0 Å². The van der Waals surface area contributed by atoms with Gasteiger partial charge in [0.05, 0.1) is 7.11 Å². The lowest BCUT2D eigenvalue weighted by Gasteiger charge is -2.17. The molecule has 0 N–H and O–H groups in total. The zero-order chi connectivity index (χ0) is 15.1. The number of ether oxygens (including phenoxy) is 2. The molecule has 3 heteroatoms. The summed E-state index contributed by atoms with van der Waals surface area (Å²) in [7, 11) is 1.61. The van der Waals surface area contributed by atoms with Crippen molar-refractivity contribution in [1.82, 2.24) is 0 Å². The quantitative estimate of drug-likeness (QED) is 0.779. The van der Waals surface area contributed by atoms with E-state index in [4.69, 9.17) is 9.47 Å². The molecule has 0 saturated carbocycles. The van der Waals surface area contributed by atoms with Crippen molar-refractivity contribution in [1.29, 1.82) is 0 Å². The molecule has 2 aromatic carbocycles. The second kappa shape index (κ2) is 7.60. The summed E-state index contributed by atoms with van der Waals surface area (Å²) in [5.74, 6) is 0.765. The number of methoxy groups -OCH3 is 1. The number of benzene rings is 2. The summed E-state index contributed by atoms with van der Waals surface area (Å²) in [6.45, 7) is 2.39. The van der Waals surface area contributed by atoms with Crippen molar-refractivity contribution >= 4 is 5.78 Å². The van der Waals surface area contributed by atoms with Crippen molar-refractivity contribution in [3.05, 3.63) is 65.7 Å². The number of carbonyl (C=O) groups is 1. The zero-order valence-electron chi connectivity index (χ0n) is 12.4. The van der Waals surface area contributed by atoms with Crippen LogP contribution in [-0.2, 0) is 16.0 Å². The van der Waals surface area contributed by atoms with E-state index >= 15 is 0 Å². The summed E-state index contributed by atoms with van der Waals surface area (Å²) in [5, 5.41) is 0. The molecule has 3 nitrogen and oxygen atoms in total. The van der Waals surface area contributed by atoms with Crippen LogP contribution in [0.3, 0.4) is 0 Å². The van der Waals surface area contributed by atoms with Crippen LogP contribution in [0.2, 0.25) is 0 Å². The molecule has 0 aliphatic rings. The van der Waals surface area contributed by atoms with Gasteiger partial charge in [-0.15, -0.1) is 0 Å². The summed E-state index contributed by atoms with van der Waals surface area (Å²) < 4.78 is 10.9. The molecule has 0 spiro atoms. The largest absolute Gasteiger partial charge is 0.496 e. The molecule has 2 aromatic rings. The first kappa shape index (κ1) is 15.3. The Morgan fingerprint density at radius 3 is 2.38 bits per heavy atom. The Morgan fingerprint density at radius 2 is 1.71 bits per heavy atom. The van der Waals surface area contributed by atoms with Gasteiger partial charge in [0.15, 0.2) is 5.78 Å². The highest BCUT2D eigenvalue weighted by Crippen LogP contribution is 2.24. The summed E-state index contributed by atoms with van der Waals surface area (Å²) in [4.78, 5) is 12.6. The average Bonchev–Trinajstić information content (AvgIpc) is 2.53. The van der Waals surface area contributed by atoms with E-state index in [1.807, 2.05) is 61.5 Å². The lowest BCUT2D eigenvalue weighted by Crippen LogP contribution is -2.18. The zero-order valence-corrected chi connectivity index (χ0v) is 12.4. The SMILES string of the molecule is CCOC(C(=O)Cc1ccccc1OC)c1ccccc1. The van der Waals surface area contributed by atoms with Crippen molar-refractivity contribution in [3.8, 4) is 5.75 Å². The van der Waals surface area contributed by atoms with Crippen LogP contribution in [0.5, 0.6) is 5.75 Å². The first-order valence-corrected chi connectivity index (χ1v) is 7.07. The third-order valence-corrected chi connectivity index (χ3v) is 3.29. The monoisotopic (exact) mass is 284 g/mol. The fraction of sp³-hybridized carbons (Fsp3) is 0.278. The van der Waals surface area contributed by atoms with Gasteiger partial charge in [-0.1, -0.05) is 48.5 Å². The maximum absolute atomic E-state index is 12.6. The summed E-state index contributed by atoms with van der Waals surface area (Å²) in [6.07, 6.45) is -0.232. The minimum Gasteiger partial charge on any atom is -0.496 e. The van der Waals surface area contributed by atoms with E-state index in [1.54, 1.807) is 7.11 Å². The minimum atomic E-state index is -0.527. The molecule has 2 rings (SSSR count).